The Morgan fingerprint density at radius 1 is 1.12 bits per heavy atom. The van der Waals surface area contributed by atoms with E-state index < -0.39 is 0 Å². The van der Waals surface area contributed by atoms with Crippen LogP contribution in [0.1, 0.15) is 5.56 Å². The van der Waals surface area contributed by atoms with E-state index in [4.69, 9.17) is 5.73 Å². The lowest BCUT2D eigenvalue weighted by Gasteiger charge is -2.15. The molecule has 0 heterocycles. The minimum absolute atomic E-state index is 0.505. The number of hydrogen-bond donors (Lipinski definition) is 2. The van der Waals surface area contributed by atoms with Gasteiger partial charge in [0, 0.05) is 0 Å². The van der Waals surface area contributed by atoms with Crippen LogP contribution in [0.4, 0.5) is 0 Å². The first-order chi connectivity index (χ1) is 8.35. The van der Waals surface area contributed by atoms with Crippen LogP contribution < -0.4 is 11.1 Å². The van der Waals surface area contributed by atoms with Crippen molar-refractivity contribution in [1.82, 2.24) is 5.32 Å². The lowest BCUT2D eigenvalue weighted by Crippen LogP contribution is -2.27. The summed E-state index contributed by atoms with van der Waals surface area (Å²) in [5.74, 6) is 0.505. The number of nitrogens with two attached hydrogens (primary N) is 1. The molecule has 3 N–H and O–H groups in total. The lowest BCUT2D eigenvalue weighted by atomic mass is 9.95. The van der Waals surface area contributed by atoms with Crippen LogP contribution >= 0.6 is 0 Å². The summed E-state index contributed by atoms with van der Waals surface area (Å²) in [6, 6.07) is 15.0. The van der Waals surface area contributed by atoms with Crippen molar-refractivity contribution in [2.24, 2.45) is 11.7 Å². The highest BCUT2D eigenvalue weighted by atomic mass is 14.8. The van der Waals surface area contributed by atoms with E-state index >= 15 is 0 Å². The second-order valence-electron chi connectivity index (χ2n) is 4.50. The molecule has 0 amide bonds. The van der Waals surface area contributed by atoms with E-state index in [-0.39, 0.29) is 0 Å². The quantitative estimate of drug-likeness (QED) is 0.823. The fourth-order valence-corrected chi connectivity index (χ4v) is 2.31. The molecule has 0 radical (unpaired) electrons. The van der Waals surface area contributed by atoms with Crippen molar-refractivity contribution in [3.8, 4) is 0 Å². The second-order valence-corrected chi connectivity index (χ2v) is 4.50. The van der Waals surface area contributed by atoms with Crippen molar-refractivity contribution in [2.45, 2.75) is 6.42 Å². The van der Waals surface area contributed by atoms with Gasteiger partial charge in [-0.25, -0.2) is 0 Å². The normalized spacial score (nSPS) is 12.8. The van der Waals surface area contributed by atoms with E-state index in [1.807, 2.05) is 7.05 Å². The van der Waals surface area contributed by atoms with E-state index in [1.54, 1.807) is 0 Å². The van der Waals surface area contributed by atoms with E-state index in [0.717, 1.165) is 19.5 Å². The van der Waals surface area contributed by atoms with Crippen LogP contribution in [0.3, 0.4) is 0 Å². The van der Waals surface area contributed by atoms with Crippen molar-refractivity contribution >= 4 is 10.8 Å². The molecule has 0 fully saturated rings. The van der Waals surface area contributed by atoms with Gasteiger partial charge in [-0.2, -0.15) is 0 Å². The molecule has 0 aliphatic carbocycles. The van der Waals surface area contributed by atoms with Crippen LogP contribution in [0.5, 0.6) is 0 Å². The van der Waals surface area contributed by atoms with E-state index in [1.165, 1.54) is 16.3 Å². The SMILES string of the molecule is CNCC(CN)Cc1cccc2ccccc12. The highest BCUT2D eigenvalue weighted by Gasteiger charge is 2.08. The first-order valence-electron chi connectivity index (χ1n) is 6.16. The standard InChI is InChI=1S/C15H20N2/c1-17-11-12(10-16)9-14-7-4-6-13-5-2-3-8-15(13)14/h2-8,12,17H,9-11,16H2,1H3. The Kier molecular flexibility index (Phi) is 4.13. The third kappa shape index (κ3) is 2.84. The molecule has 0 saturated heterocycles. The van der Waals surface area contributed by atoms with Crippen LogP contribution in [-0.2, 0) is 6.42 Å². The number of hydrogen-bond acceptors (Lipinski definition) is 2. The summed E-state index contributed by atoms with van der Waals surface area (Å²) in [6.07, 6.45) is 1.04. The Balaban J connectivity index is 2.28. The predicted molar refractivity (Wildman–Crippen MR) is 74.1 cm³/mol. The van der Waals surface area contributed by atoms with Gasteiger partial charge in [-0.1, -0.05) is 42.5 Å². The molecule has 2 aromatic carbocycles. The summed E-state index contributed by atoms with van der Waals surface area (Å²) in [7, 11) is 1.98. The van der Waals surface area contributed by atoms with Crippen LogP contribution in [-0.4, -0.2) is 20.1 Å². The first kappa shape index (κ1) is 12.1. The van der Waals surface area contributed by atoms with Crippen molar-refractivity contribution in [3.63, 3.8) is 0 Å². The first-order valence-corrected chi connectivity index (χ1v) is 6.16. The van der Waals surface area contributed by atoms with E-state index in [0.29, 0.717) is 5.92 Å². The average molecular weight is 228 g/mol. The molecule has 1 unspecified atom stereocenters. The van der Waals surface area contributed by atoms with Gasteiger partial charge in [0.05, 0.1) is 0 Å². The number of fused-ring (bicyclic) bond motifs is 1. The van der Waals surface area contributed by atoms with Gasteiger partial charge in [0.15, 0.2) is 0 Å². The molecule has 0 spiro atoms. The molecule has 0 aromatic heterocycles. The Morgan fingerprint density at radius 3 is 2.65 bits per heavy atom. The minimum Gasteiger partial charge on any atom is -0.330 e. The topological polar surface area (TPSA) is 38.0 Å². The highest BCUT2D eigenvalue weighted by molar-refractivity contribution is 5.85. The smallest absolute Gasteiger partial charge is 0.000827 e. The molecule has 0 aliphatic rings. The number of benzene rings is 2. The Morgan fingerprint density at radius 2 is 1.88 bits per heavy atom. The molecule has 2 heteroatoms. The van der Waals surface area contributed by atoms with E-state index in [9.17, 15) is 0 Å². The third-order valence-corrected chi connectivity index (χ3v) is 3.21. The molecule has 90 valence electrons. The van der Waals surface area contributed by atoms with Crippen molar-refractivity contribution in [3.05, 3.63) is 48.0 Å². The fraction of sp³-hybridized carbons (Fsp3) is 0.333. The van der Waals surface area contributed by atoms with Gasteiger partial charge >= 0.3 is 0 Å². The minimum atomic E-state index is 0.505. The molecular weight excluding hydrogens is 208 g/mol. The summed E-state index contributed by atoms with van der Waals surface area (Å²) in [6.45, 7) is 1.70. The second kappa shape index (κ2) is 5.80. The van der Waals surface area contributed by atoms with Gasteiger partial charge in [0.1, 0.15) is 0 Å². The summed E-state index contributed by atoms with van der Waals surface area (Å²) in [4.78, 5) is 0. The van der Waals surface area contributed by atoms with Crippen molar-refractivity contribution in [1.29, 1.82) is 0 Å². The Bertz CT molecular complexity index is 474. The summed E-state index contributed by atoms with van der Waals surface area (Å²) in [5.41, 5.74) is 7.21. The third-order valence-electron chi connectivity index (χ3n) is 3.21. The van der Waals surface area contributed by atoms with Crippen LogP contribution in [0.15, 0.2) is 42.5 Å². The molecule has 2 aromatic rings. The van der Waals surface area contributed by atoms with Gasteiger partial charge < -0.3 is 11.1 Å². The average Bonchev–Trinajstić information content (AvgIpc) is 2.38. The monoisotopic (exact) mass is 228 g/mol. The zero-order chi connectivity index (χ0) is 12.1. The molecule has 0 aliphatic heterocycles. The molecular formula is C15H20N2. The molecule has 17 heavy (non-hydrogen) atoms. The molecule has 2 nitrogen and oxygen atoms in total. The predicted octanol–water partition coefficient (Wildman–Crippen LogP) is 2.18. The van der Waals surface area contributed by atoms with Gasteiger partial charge in [-0.15, -0.1) is 0 Å². The van der Waals surface area contributed by atoms with Crippen molar-refractivity contribution < 1.29 is 0 Å². The largest absolute Gasteiger partial charge is 0.330 e. The number of nitrogens with one attached hydrogen (secondary N) is 1. The zero-order valence-corrected chi connectivity index (χ0v) is 10.3. The van der Waals surface area contributed by atoms with E-state index in [2.05, 4.69) is 47.8 Å². The van der Waals surface area contributed by atoms with Crippen molar-refractivity contribution in [2.75, 3.05) is 20.1 Å². The summed E-state index contributed by atoms with van der Waals surface area (Å²) < 4.78 is 0. The fourth-order valence-electron chi connectivity index (χ4n) is 2.31. The van der Waals surface area contributed by atoms with Crippen LogP contribution in [0.2, 0.25) is 0 Å². The maximum Gasteiger partial charge on any atom is -0.000827 e. The maximum absolute atomic E-state index is 5.81. The van der Waals surface area contributed by atoms with Gasteiger partial charge in [0.25, 0.3) is 0 Å². The van der Waals surface area contributed by atoms with Crippen LogP contribution in [0, 0.1) is 5.92 Å². The maximum atomic E-state index is 5.81. The van der Waals surface area contributed by atoms with Gasteiger partial charge in [-0.3, -0.25) is 0 Å². The number of rotatable bonds is 5. The van der Waals surface area contributed by atoms with Gasteiger partial charge in [-0.05, 0) is 48.8 Å². The zero-order valence-electron chi connectivity index (χ0n) is 10.3. The van der Waals surface area contributed by atoms with Crippen LogP contribution in [0.25, 0.3) is 10.8 Å². The molecule has 1 atom stereocenters. The summed E-state index contributed by atoms with van der Waals surface area (Å²) in [5, 5.41) is 5.87. The summed E-state index contributed by atoms with van der Waals surface area (Å²) >= 11 is 0. The molecule has 0 saturated carbocycles. The highest BCUT2D eigenvalue weighted by Crippen LogP contribution is 2.20. The lowest BCUT2D eigenvalue weighted by molar-refractivity contribution is 0.508. The Hall–Kier alpha value is -1.38. The molecule has 2 rings (SSSR count). The van der Waals surface area contributed by atoms with Gasteiger partial charge in [0.2, 0.25) is 0 Å². The Labute approximate surface area is 103 Å². The molecule has 0 bridgehead atoms.